The van der Waals surface area contributed by atoms with Crippen molar-refractivity contribution in [1.82, 2.24) is 5.32 Å². The molecule has 0 aliphatic carbocycles. The molecule has 0 amide bonds. The Balaban J connectivity index is 1.97. The highest BCUT2D eigenvalue weighted by Gasteiger charge is 2.30. The van der Waals surface area contributed by atoms with Crippen LogP contribution in [0.4, 0.5) is 0 Å². The van der Waals surface area contributed by atoms with Crippen LogP contribution in [0.15, 0.2) is 22.7 Å². The highest BCUT2D eigenvalue weighted by Crippen LogP contribution is 2.25. The van der Waals surface area contributed by atoms with Gasteiger partial charge in [0.25, 0.3) is 0 Å². The molecule has 4 heteroatoms. The summed E-state index contributed by atoms with van der Waals surface area (Å²) in [5.74, 6) is 0.847. The van der Waals surface area contributed by atoms with Crippen LogP contribution in [0.3, 0.4) is 0 Å². The topological polar surface area (TPSA) is 41.5 Å². The second kappa shape index (κ2) is 5.38. The number of aryl methyl sites for hydroxylation is 1. The van der Waals surface area contributed by atoms with Crippen LogP contribution < -0.4 is 10.1 Å². The molecule has 0 radical (unpaired) electrons. The second-order valence-electron chi connectivity index (χ2n) is 4.67. The standard InChI is InChI=1S/C13H18BrNO2/c1-10-8-11(14)2-3-12(10)17-9-13(16)4-6-15-7-5-13/h2-3,8,15-16H,4-7,9H2,1H3. The molecule has 0 unspecified atom stereocenters. The Hall–Kier alpha value is -0.580. The summed E-state index contributed by atoms with van der Waals surface area (Å²) >= 11 is 3.42. The number of rotatable bonds is 3. The van der Waals surface area contributed by atoms with Crippen molar-refractivity contribution >= 4 is 15.9 Å². The van der Waals surface area contributed by atoms with Gasteiger partial charge in [-0.2, -0.15) is 0 Å². The van der Waals surface area contributed by atoms with Crippen LogP contribution in [-0.4, -0.2) is 30.4 Å². The van der Waals surface area contributed by atoms with Crippen LogP contribution in [-0.2, 0) is 0 Å². The maximum Gasteiger partial charge on any atom is 0.122 e. The van der Waals surface area contributed by atoms with E-state index in [2.05, 4.69) is 21.2 Å². The minimum Gasteiger partial charge on any atom is -0.490 e. The maximum absolute atomic E-state index is 10.3. The molecule has 17 heavy (non-hydrogen) atoms. The van der Waals surface area contributed by atoms with Gasteiger partial charge >= 0.3 is 0 Å². The van der Waals surface area contributed by atoms with Crippen molar-refractivity contribution in [3.05, 3.63) is 28.2 Å². The molecule has 94 valence electrons. The van der Waals surface area contributed by atoms with E-state index in [-0.39, 0.29) is 0 Å². The van der Waals surface area contributed by atoms with E-state index in [4.69, 9.17) is 4.74 Å². The number of benzene rings is 1. The fourth-order valence-corrected chi connectivity index (χ4v) is 2.50. The average molecular weight is 300 g/mol. The van der Waals surface area contributed by atoms with E-state index in [9.17, 15) is 5.11 Å². The number of piperidine rings is 1. The van der Waals surface area contributed by atoms with Gasteiger partial charge in [-0.15, -0.1) is 0 Å². The summed E-state index contributed by atoms with van der Waals surface area (Å²) in [6, 6.07) is 5.90. The minimum atomic E-state index is -0.676. The van der Waals surface area contributed by atoms with Gasteiger partial charge in [-0.25, -0.2) is 0 Å². The first-order chi connectivity index (χ1) is 8.09. The fourth-order valence-electron chi connectivity index (χ4n) is 2.02. The largest absolute Gasteiger partial charge is 0.490 e. The molecule has 2 rings (SSSR count). The van der Waals surface area contributed by atoms with E-state index in [1.54, 1.807) is 0 Å². The Kier molecular flexibility index (Phi) is 4.07. The third-order valence-electron chi connectivity index (χ3n) is 3.17. The van der Waals surface area contributed by atoms with E-state index < -0.39 is 5.60 Å². The van der Waals surface area contributed by atoms with Crippen LogP contribution in [0, 0.1) is 6.92 Å². The van der Waals surface area contributed by atoms with Crippen molar-refractivity contribution in [2.45, 2.75) is 25.4 Å². The van der Waals surface area contributed by atoms with Gasteiger partial charge in [0.05, 0.1) is 0 Å². The minimum absolute atomic E-state index is 0.372. The molecular weight excluding hydrogens is 282 g/mol. The normalized spacial score (nSPS) is 19.0. The van der Waals surface area contributed by atoms with Crippen LogP contribution in [0.2, 0.25) is 0 Å². The van der Waals surface area contributed by atoms with Crippen molar-refractivity contribution in [2.24, 2.45) is 0 Å². The average Bonchev–Trinajstić information content (AvgIpc) is 2.29. The monoisotopic (exact) mass is 299 g/mol. The summed E-state index contributed by atoms with van der Waals surface area (Å²) in [7, 11) is 0. The third kappa shape index (κ3) is 3.44. The molecule has 2 N–H and O–H groups in total. The van der Waals surface area contributed by atoms with E-state index in [0.717, 1.165) is 41.7 Å². The number of hydrogen-bond acceptors (Lipinski definition) is 3. The first-order valence-corrected chi connectivity index (χ1v) is 6.70. The molecule has 1 heterocycles. The maximum atomic E-state index is 10.3. The first kappa shape index (κ1) is 12.9. The zero-order valence-corrected chi connectivity index (χ0v) is 11.6. The summed E-state index contributed by atoms with van der Waals surface area (Å²) < 4.78 is 6.78. The van der Waals surface area contributed by atoms with E-state index in [1.807, 2.05) is 25.1 Å². The highest BCUT2D eigenvalue weighted by molar-refractivity contribution is 9.10. The number of ether oxygens (including phenoxy) is 1. The lowest BCUT2D eigenvalue weighted by Gasteiger charge is -2.32. The Bertz CT molecular complexity index is 389. The lowest BCUT2D eigenvalue weighted by atomic mass is 9.93. The molecule has 1 fully saturated rings. The lowest BCUT2D eigenvalue weighted by Crippen LogP contribution is -2.46. The Morgan fingerprint density at radius 2 is 2.12 bits per heavy atom. The van der Waals surface area contributed by atoms with Gasteiger partial charge in [0.1, 0.15) is 18.0 Å². The lowest BCUT2D eigenvalue weighted by molar-refractivity contribution is -0.0287. The van der Waals surface area contributed by atoms with Crippen LogP contribution in [0.5, 0.6) is 5.75 Å². The van der Waals surface area contributed by atoms with Gasteiger partial charge in [0.2, 0.25) is 0 Å². The number of halogens is 1. The predicted octanol–water partition coefficient (Wildman–Crippen LogP) is 2.25. The van der Waals surface area contributed by atoms with Crippen molar-refractivity contribution in [2.75, 3.05) is 19.7 Å². The van der Waals surface area contributed by atoms with Gasteiger partial charge in [0, 0.05) is 4.47 Å². The molecule has 3 nitrogen and oxygen atoms in total. The van der Waals surface area contributed by atoms with E-state index in [0.29, 0.717) is 6.61 Å². The molecule has 1 aliphatic rings. The Labute approximate surface area is 110 Å². The Morgan fingerprint density at radius 1 is 1.41 bits per heavy atom. The van der Waals surface area contributed by atoms with Crippen LogP contribution >= 0.6 is 15.9 Å². The van der Waals surface area contributed by atoms with Crippen LogP contribution in [0.1, 0.15) is 18.4 Å². The fraction of sp³-hybridized carbons (Fsp3) is 0.538. The predicted molar refractivity (Wildman–Crippen MR) is 71.4 cm³/mol. The SMILES string of the molecule is Cc1cc(Br)ccc1OCC1(O)CCNCC1. The summed E-state index contributed by atoms with van der Waals surface area (Å²) in [5, 5.41) is 13.5. The summed E-state index contributed by atoms with van der Waals surface area (Å²) in [6.45, 7) is 4.10. The molecule has 0 aromatic heterocycles. The van der Waals surface area contributed by atoms with Gasteiger partial charge in [-0.3, -0.25) is 0 Å². The molecule has 1 aromatic rings. The first-order valence-electron chi connectivity index (χ1n) is 5.91. The van der Waals surface area contributed by atoms with Gasteiger partial charge < -0.3 is 15.2 Å². The van der Waals surface area contributed by atoms with Crippen molar-refractivity contribution in [3.63, 3.8) is 0 Å². The molecule has 1 saturated heterocycles. The quantitative estimate of drug-likeness (QED) is 0.899. The van der Waals surface area contributed by atoms with Gasteiger partial charge in [0.15, 0.2) is 0 Å². The molecule has 0 atom stereocenters. The molecule has 0 spiro atoms. The molecule has 1 aliphatic heterocycles. The van der Waals surface area contributed by atoms with Crippen molar-refractivity contribution in [3.8, 4) is 5.75 Å². The summed E-state index contributed by atoms with van der Waals surface area (Å²) in [5.41, 5.74) is 0.405. The number of aliphatic hydroxyl groups is 1. The number of hydrogen-bond donors (Lipinski definition) is 2. The third-order valence-corrected chi connectivity index (χ3v) is 3.66. The molecule has 0 bridgehead atoms. The molecule has 0 saturated carbocycles. The van der Waals surface area contributed by atoms with Crippen molar-refractivity contribution in [1.29, 1.82) is 0 Å². The second-order valence-corrected chi connectivity index (χ2v) is 5.59. The number of nitrogens with one attached hydrogen (secondary N) is 1. The highest BCUT2D eigenvalue weighted by atomic mass is 79.9. The summed E-state index contributed by atoms with van der Waals surface area (Å²) in [6.07, 6.45) is 1.51. The van der Waals surface area contributed by atoms with E-state index in [1.165, 1.54) is 0 Å². The van der Waals surface area contributed by atoms with Crippen molar-refractivity contribution < 1.29 is 9.84 Å². The smallest absolute Gasteiger partial charge is 0.122 e. The van der Waals surface area contributed by atoms with Gasteiger partial charge in [-0.1, -0.05) is 15.9 Å². The molecular formula is C13H18BrNO2. The Morgan fingerprint density at radius 3 is 2.76 bits per heavy atom. The zero-order valence-electron chi connectivity index (χ0n) is 10.0. The van der Waals surface area contributed by atoms with Crippen LogP contribution in [0.25, 0.3) is 0 Å². The van der Waals surface area contributed by atoms with E-state index >= 15 is 0 Å². The van der Waals surface area contributed by atoms with Gasteiger partial charge in [-0.05, 0) is 56.6 Å². The summed E-state index contributed by atoms with van der Waals surface area (Å²) in [4.78, 5) is 0. The zero-order chi connectivity index (χ0) is 12.3. The molecule has 1 aromatic carbocycles.